The average Bonchev–Trinajstić information content (AvgIpc) is 2.30. The molecule has 3 N–H and O–H groups in total. The highest BCUT2D eigenvalue weighted by Gasteiger charge is 2.13. The molecule has 15 heavy (non-hydrogen) atoms. The summed E-state index contributed by atoms with van der Waals surface area (Å²) in [5.74, 6) is 0. The van der Waals surface area contributed by atoms with Gasteiger partial charge < -0.3 is 11.1 Å². The Labute approximate surface area is 89.1 Å². The van der Waals surface area contributed by atoms with Crippen molar-refractivity contribution in [1.82, 2.24) is 5.32 Å². The summed E-state index contributed by atoms with van der Waals surface area (Å²) < 4.78 is 0. The topological polar surface area (TPSA) is 38.0 Å². The molecule has 0 radical (unpaired) electrons. The number of nitrogen functional groups attached to an aromatic ring is 1. The first-order valence-electron chi connectivity index (χ1n) is 5.36. The van der Waals surface area contributed by atoms with E-state index in [0.29, 0.717) is 0 Å². The molecule has 0 bridgehead atoms. The van der Waals surface area contributed by atoms with Crippen LogP contribution in [-0.4, -0.2) is 6.54 Å². The molecule has 0 fully saturated rings. The minimum atomic E-state index is 0.949. The molecule has 0 atom stereocenters. The molecule has 3 rings (SSSR count). The van der Waals surface area contributed by atoms with Gasteiger partial charge in [-0.05, 0) is 35.5 Å². The van der Waals surface area contributed by atoms with E-state index in [0.717, 1.165) is 25.2 Å². The quantitative estimate of drug-likeness (QED) is 0.636. The van der Waals surface area contributed by atoms with Crippen molar-refractivity contribution in [2.24, 2.45) is 0 Å². The van der Waals surface area contributed by atoms with Gasteiger partial charge in [-0.3, -0.25) is 0 Å². The lowest BCUT2D eigenvalue weighted by Gasteiger charge is -2.20. The second-order valence-corrected chi connectivity index (χ2v) is 4.08. The van der Waals surface area contributed by atoms with Crippen LogP contribution >= 0.6 is 0 Å². The average molecular weight is 198 g/mol. The van der Waals surface area contributed by atoms with E-state index < -0.39 is 0 Å². The normalized spacial score (nSPS) is 15.2. The van der Waals surface area contributed by atoms with Crippen LogP contribution in [0, 0.1) is 0 Å². The molecular formula is C13H14N2. The first-order chi connectivity index (χ1) is 7.36. The number of nitrogens with one attached hydrogen (secondary N) is 1. The molecule has 2 aromatic rings. The molecule has 1 heterocycles. The van der Waals surface area contributed by atoms with Crippen molar-refractivity contribution in [3.05, 3.63) is 41.5 Å². The Kier molecular flexibility index (Phi) is 1.89. The van der Waals surface area contributed by atoms with Gasteiger partial charge >= 0.3 is 0 Å². The number of nitrogens with two attached hydrogens (primary N) is 1. The van der Waals surface area contributed by atoms with E-state index in [1.54, 1.807) is 0 Å². The summed E-state index contributed by atoms with van der Waals surface area (Å²) in [7, 11) is 0. The Morgan fingerprint density at radius 1 is 1.20 bits per heavy atom. The number of anilines is 1. The van der Waals surface area contributed by atoms with Gasteiger partial charge in [0, 0.05) is 17.6 Å². The molecule has 0 aromatic heterocycles. The maximum atomic E-state index is 6.21. The monoisotopic (exact) mass is 198 g/mol. The van der Waals surface area contributed by atoms with Gasteiger partial charge in [0.1, 0.15) is 0 Å². The highest BCUT2D eigenvalue weighted by Crippen LogP contribution is 2.29. The predicted molar refractivity (Wildman–Crippen MR) is 63.8 cm³/mol. The molecular weight excluding hydrogens is 184 g/mol. The summed E-state index contributed by atoms with van der Waals surface area (Å²) >= 11 is 0. The number of hydrogen-bond acceptors (Lipinski definition) is 2. The number of fused-ring (bicyclic) bond motifs is 2. The zero-order valence-electron chi connectivity index (χ0n) is 8.59. The summed E-state index contributed by atoms with van der Waals surface area (Å²) in [5, 5.41) is 5.82. The Balaban J connectivity index is 2.36. The molecule has 0 unspecified atom stereocenters. The highest BCUT2D eigenvalue weighted by molar-refractivity contribution is 5.95. The predicted octanol–water partition coefficient (Wildman–Crippen LogP) is 2.07. The second kappa shape index (κ2) is 3.24. The second-order valence-electron chi connectivity index (χ2n) is 4.08. The van der Waals surface area contributed by atoms with Gasteiger partial charge in [0.05, 0.1) is 0 Å². The van der Waals surface area contributed by atoms with E-state index in [9.17, 15) is 0 Å². The van der Waals surface area contributed by atoms with Gasteiger partial charge in [-0.15, -0.1) is 0 Å². The third-order valence-corrected chi connectivity index (χ3v) is 3.16. The fraction of sp³-hybridized carbons (Fsp3) is 0.231. The zero-order valence-corrected chi connectivity index (χ0v) is 8.59. The lowest BCUT2D eigenvalue weighted by atomic mass is 9.94. The van der Waals surface area contributed by atoms with Crippen LogP contribution in [0.4, 0.5) is 5.69 Å². The van der Waals surface area contributed by atoms with Crippen molar-refractivity contribution < 1.29 is 0 Å². The summed E-state index contributed by atoms with van der Waals surface area (Å²) in [5.41, 5.74) is 9.89. The van der Waals surface area contributed by atoms with Crippen molar-refractivity contribution in [2.75, 3.05) is 12.3 Å². The van der Waals surface area contributed by atoms with Gasteiger partial charge in [-0.1, -0.05) is 24.3 Å². The molecule has 1 aliphatic rings. The van der Waals surface area contributed by atoms with Crippen LogP contribution in [0.25, 0.3) is 10.8 Å². The number of rotatable bonds is 0. The Bertz CT molecular complexity index is 517. The van der Waals surface area contributed by atoms with Gasteiger partial charge in [0.2, 0.25) is 0 Å². The molecule has 2 nitrogen and oxygen atoms in total. The van der Waals surface area contributed by atoms with Crippen LogP contribution in [-0.2, 0) is 13.0 Å². The largest absolute Gasteiger partial charge is 0.398 e. The molecule has 1 aliphatic heterocycles. The van der Waals surface area contributed by atoms with E-state index in [4.69, 9.17) is 5.73 Å². The van der Waals surface area contributed by atoms with Crippen molar-refractivity contribution in [1.29, 1.82) is 0 Å². The van der Waals surface area contributed by atoms with E-state index in [2.05, 4.69) is 29.6 Å². The van der Waals surface area contributed by atoms with Crippen molar-refractivity contribution in [2.45, 2.75) is 13.0 Å². The smallest absolute Gasteiger partial charge is 0.0430 e. The third kappa shape index (κ3) is 1.29. The third-order valence-electron chi connectivity index (χ3n) is 3.16. The SMILES string of the molecule is Nc1c2c(cc3ccccc13)CNCC2. The first-order valence-corrected chi connectivity index (χ1v) is 5.36. The Hall–Kier alpha value is -1.54. The fourth-order valence-electron chi connectivity index (χ4n) is 2.37. The zero-order chi connectivity index (χ0) is 10.3. The lowest BCUT2D eigenvalue weighted by Crippen LogP contribution is -2.24. The molecule has 76 valence electrons. The van der Waals surface area contributed by atoms with Crippen molar-refractivity contribution in [3.63, 3.8) is 0 Å². The standard InChI is InChI=1S/C13H14N2/c14-13-11-4-2-1-3-9(11)7-10-8-15-6-5-12(10)13/h1-4,7,15H,5-6,8,14H2. The number of hydrogen-bond donors (Lipinski definition) is 2. The summed E-state index contributed by atoms with van der Waals surface area (Å²) in [6, 6.07) is 10.6. The number of benzene rings is 2. The van der Waals surface area contributed by atoms with E-state index in [1.165, 1.54) is 21.9 Å². The molecule has 0 aliphatic carbocycles. The van der Waals surface area contributed by atoms with Crippen LogP contribution < -0.4 is 11.1 Å². The van der Waals surface area contributed by atoms with Crippen molar-refractivity contribution >= 4 is 16.5 Å². The van der Waals surface area contributed by atoms with E-state index >= 15 is 0 Å². The fourth-order valence-corrected chi connectivity index (χ4v) is 2.37. The first kappa shape index (κ1) is 8.74. The molecule has 0 saturated carbocycles. The van der Waals surface area contributed by atoms with E-state index in [1.807, 2.05) is 6.07 Å². The maximum absolute atomic E-state index is 6.21. The molecule has 0 amide bonds. The van der Waals surface area contributed by atoms with Gasteiger partial charge in [-0.25, -0.2) is 0 Å². The summed E-state index contributed by atoms with van der Waals surface area (Å²) in [4.78, 5) is 0. The minimum absolute atomic E-state index is 0.949. The molecule has 0 spiro atoms. The molecule has 2 heteroatoms. The maximum Gasteiger partial charge on any atom is 0.0430 e. The van der Waals surface area contributed by atoms with Crippen LogP contribution in [0.1, 0.15) is 11.1 Å². The van der Waals surface area contributed by atoms with E-state index in [-0.39, 0.29) is 0 Å². The minimum Gasteiger partial charge on any atom is -0.398 e. The van der Waals surface area contributed by atoms with Gasteiger partial charge in [0.25, 0.3) is 0 Å². The van der Waals surface area contributed by atoms with Gasteiger partial charge in [0.15, 0.2) is 0 Å². The molecule has 0 saturated heterocycles. The van der Waals surface area contributed by atoms with Gasteiger partial charge in [-0.2, -0.15) is 0 Å². The van der Waals surface area contributed by atoms with Crippen LogP contribution in [0.2, 0.25) is 0 Å². The lowest BCUT2D eigenvalue weighted by molar-refractivity contribution is 0.646. The molecule has 2 aromatic carbocycles. The Morgan fingerprint density at radius 2 is 2.07 bits per heavy atom. The van der Waals surface area contributed by atoms with Crippen LogP contribution in [0.5, 0.6) is 0 Å². The van der Waals surface area contributed by atoms with Crippen molar-refractivity contribution in [3.8, 4) is 0 Å². The van der Waals surface area contributed by atoms with Crippen LogP contribution in [0.3, 0.4) is 0 Å². The summed E-state index contributed by atoms with van der Waals surface area (Å²) in [6.45, 7) is 1.99. The highest BCUT2D eigenvalue weighted by atomic mass is 14.9. The van der Waals surface area contributed by atoms with Crippen LogP contribution in [0.15, 0.2) is 30.3 Å². The Morgan fingerprint density at radius 3 is 3.00 bits per heavy atom. The summed E-state index contributed by atoms with van der Waals surface area (Å²) in [6.07, 6.45) is 1.05.